The summed E-state index contributed by atoms with van der Waals surface area (Å²) >= 11 is 6.01. The fourth-order valence-electron chi connectivity index (χ4n) is 1.84. The molecule has 0 bridgehead atoms. The summed E-state index contributed by atoms with van der Waals surface area (Å²) in [7, 11) is 0. The molecule has 1 saturated heterocycles. The van der Waals surface area contributed by atoms with Crippen LogP contribution in [0.15, 0.2) is 0 Å². The van der Waals surface area contributed by atoms with Gasteiger partial charge in [0, 0.05) is 12.1 Å². The second-order valence-corrected chi connectivity index (χ2v) is 5.22. The van der Waals surface area contributed by atoms with Crippen molar-refractivity contribution in [1.29, 1.82) is 0 Å². The fraction of sp³-hybridized carbons (Fsp3) is 0.667. The molecule has 1 unspecified atom stereocenters. The van der Waals surface area contributed by atoms with Crippen LogP contribution in [0.2, 0.25) is 5.15 Å². The number of ether oxygens (including phenoxy) is 2. The van der Waals surface area contributed by atoms with Gasteiger partial charge in [-0.3, -0.25) is 0 Å². The topological polar surface area (TPSA) is 56.3 Å². The van der Waals surface area contributed by atoms with Gasteiger partial charge in [-0.05, 0) is 27.7 Å². The lowest BCUT2D eigenvalue weighted by Crippen LogP contribution is -2.26. The fourth-order valence-corrected chi connectivity index (χ4v) is 2.05. The van der Waals surface area contributed by atoms with Crippen molar-refractivity contribution in [3.63, 3.8) is 0 Å². The van der Waals surface area contributed by atoms with Gasteiger partial charge in [-0.15, -0.1) is 0 Å². The van der Waals surface area contributed by atoms with Crippen molar-refractivity contribution in [3.8, 4) is 0 Å². The van der Waals surface area contributed by atoms with Crippen molar-refractivity contribution in [2.24, 2.45) is 0 Å². The summed E-state index contributed by atoms with van der Waals surface area (Å²) in [4.78, 5) is 8.42. The van der Waals surface area contributed by atoms with Crippen molar-refractivity contribution in [1.82, 2.24) is 9.97 Å². The highest BCUT2D eigenvalue weighted by molar-refractivity contribution is 6.30. The summed E-state index contributed by atoms with van der Waals surface area (Å²) in [6.45, 7) is 8.73. The second-order valence-electron chi connectivity index (χ2n) is 4.87. The number of rotatable bonds is 3. The van der Waals surface area contributed by atoms with E-state index < -0.39 is 5.79 Å². The number of anilines is 1. The Kier molecular flexibility index (Phi) is 3.75. The predicted octanol–water partition coefficient (Wildman–Crippen LogP) is 2.31. The van der Waals surface area contributed by atoms with E-state index in [2.05, 4.69) is 15.3 Å². The first-order chi connectivity index (χ1) is 8.37. The first-order valence-corrected chi connectivity index (χ1v) is 6.31. The maximum absolute atomic E-state index is 6.01. The molecule has 1 aromatic heterocycles. The van der Waals surface area contributed by atoms with E-state index in [1.54, 1.807) is 0 Å². The molecule has 2 rings (SSSR count). The largest absolute Gasteiger partial charge is 0.367 e. The van der Waals surface area contributed by atoms with Gasteiger partial charge in [-0.1, -0.05) is 11.6 Å². The Bertz CT molecular complexity index is 451. The van der Waals surface area contributed by atoms with E-state index in [0.29, 0.717) is 24.1 Å². The van der Waals surface area contributed by atoms with Gasteiger partial charge in [0.2, 0.25) is 0 Å². The van der Waals surface area contributed by atoms with Crippen molar-refractivity contribution in [2.75, 3.05) is 18.5 Å². The number of aromatic nitrogens is 2. The molecule has 1 aliphatic rings. The summed E-state index contributed by atoms with van der Waals surface area (Å²) in [6, 6.07) is 0. The highest BCUT2D eigenvalue weighted by Gasteiger charge is 2.32. The molecule has 18 heavy (non-hydrogen) atoms. The van der Waals surface area contributed by atoms with Crippen LogP contribution in [0.25, 0.3) is 0 Å². The third kappa shape index (κ3) is 3.10. The second kappa shape index (κ2) is 4.99. The van der Waals surface area contributed by atoms with Crippen LogP contribution in [-0.2, 0) is 9.47 Å². The predicted molar refractivity (Wildman–Crippen MR) is 69.9 cm³/mol. The van der Waals surface area contributed by atoms with Crippen LogP contribution in [0.3, 0.4) is 0 Å². The Morgan fingerprint density at radius 2 is 2.11 bits per heavy atom. The number of nitrogens with one attached hydrogen (secondary N) is 1. The smallest absolute Gasteiger partial charge is 0.163 e. The molecule has 2 heterocycles. The number of halogens is 1. The summed E-state index contributed by atoms with van der Waals surface area (Å²) < 4.78 is 11.2. The molecule has 6 heteroatoms. The molecular weight excluding hydrogens is 254 g/mol. The van der Waals surface area contributed by atoms with E-state index in [1.165, 1.54) is 0 Å². The zero-order valence-electron chi connectivity index (χ0n) is 11.1. The minimum atomic E-state index is -0.499. The average Bonchev–Trinajstić information content (AvgIpc) is 2.61. The van der Waals surface area contributed by atoms with E-state index in [9.17, 15) is 0 Å². The Morgan fingerprint density at radius 1 is 1.39 bits per heavy atom. The normalized spacial score (nSPS) is 22.2. The van der Waals surface area contributed by atoms with Gasteiger partial charge in [-0.2, -0.15) is 0 Å². The number of hydrogen-bond acceptors (Lipinski definition) is 5. The maximum Gasteiger partial charge on any atom is 0.163 e. The monoisotopic (exact) mass is 271 g/mol. The minimum Gasteiger partial charge on any atom is -0.367 e. The Hall–Kier alpha value is -0.910. The van der Waals surface area contributed by atoms with E-state index in [-0.39, 0.29) is 6.10 Å². The van der Waals surface area contributed by atoms with Gasteiger partial charge in [0.25, 0.3) is 0 Å². The standard InChI is InChI=1S/C12H18ClN3O2/c1-7-10(13)15-8(2)16-11(7)14-5-9-6-17-12(3,4)18-9/h9H,5-6H2,1-4H3,(H,14,15,16). The summed E-state index contributed by atoms with van der Waals surface area (Å²) in [6.07, 6.45) is 0.0217. The molecular formula is C12H18ClN3O2. The third-order valence-electron chi connectivity index (χ3n) is 2.76. The lowest BCUT2D eigenvalue weighted by Gasteiger charge is -2.18. The van der Waals surface area contributed by atoms with Crippen LogP contribution < -0.4 is 5.32 Å². The number of nitrogens with zero attached hydrogens (tertiary/aromatic N) is 2. The van der Waals surface area contributed by atoms with Crippen LogP contribution in [0.5, 0.6) is 0 Å². The van der Waals surface area contributed by atoms with E-state index in [4.69, 9.17) is 21.1 Å². The molecule has 0 aromatic carbocycles. The first-order valence-electron chi connectivity index (χ1n) is 5.94. The summed E-state index contributed by atoms with van der Waals surface area (Å²) in [5, 5.41) is 3.71. The number of hydrogen-bond donors (Lipinski definition) is 1. The van der Waals surface area contributed by atoms with Crippen LogP contribution in [0.4, 0.5) is 5.82 Å². The number of aryl methyl sites for hydroxylation is 1. The first kappa shape index (κ1) is 13.5. The van der Waals surface area contributed by atoms with Gasteiger partial charge >= 0.3 is 0 Å². The van der Waals surface area contributed by atoms with E-state index in [1.807, 2.05) is 27.7 Å². The molecule has 5 nitrogen and oxygen atoms in total. The molecule has 0 amide bonds. The van der Waals surface area contributed by atoms with E-state index >= 15 is 0 Å². The minimum absolute atomic E-state index is 0.0217. The van der Waals surface area contributed by atoms with Gasteiger partial charge in [0.15, 0.2) is 5.79 Å². The zero-order chi connectivity index (χ0) is 13.3. The molecule has 100 valence electrons. The van der Waals surface area contributed by atoms with Crippen LogP contribution in [0.1, 0.15) is 25.2 Å². The van der Waals surface area contributed by atoms with Crippen molar-refractivity contribution in [3.05, 3.63) is 16.5 Å². The van der Waals surface area contributed by atoms with Gasteiger partial charge in [-0.25, -0.2) is 9.97 Å². The van der Waals surface area contributed by atoms with Crippen molar-refractivity contribution < 1.29 is 9.47 Å². The quantitative estimate of drug-likeness (QED) is 0.855. The SMILES string of the molecule is Cc1nc(Cl)c(C)c(NCC2COC(C)(C)O2)n1. The molecule has 1 fully saturated rings. The molecule has 0 aliphatic carbocycles. The van der Waals surface area contributed by atoms with Crippen molar-refractivity contribution >= 4 is 17.4 Å². The van der Waals surface area contributed by atoms with Crippen LogP contribution in [0, 0.1) is 13.8 Å². The van der Waals surface area contributed by atoms with Gasteiger partial charge in [0.05, 0.1) is 6.61 Å². The molecule has 1 N–H and O–H groups in total. The summed E-state index contributed by atoms with van der Waals surface area (Å²) in [5.41, 5.74) is 0.848. The molecule has 1 aliphatic heterocycles. The Labute approximate surface area is 112 Å². The van der Waals surface area contributed by atoms with E-state index in [0.717, 1.165) is 11.4 Å². The Balaban J connectivity index is 1.99. The summed E-state index contributed by atoms with van der Waals surface area (Å²) in [5.74, 6) is 0.901. The average molecular weight is 272 g/mol. The molecule has 1 aromatic rings. The highest BCUT2D eigenvalue weighted by atomic mass is 35.5. The van der Waals surface area contributed by atoms with Crippen LogP contribution in [-0.4, -0.2) is 35.0 Å². The lowest BCUT2D eigenvalue weighted by atomic mass is 10.3. The molecule has 0 saturated carbocycles. The van der Waals surface area contributed by atoms with Gasteiger partial charge in [0.1, 0.15) is 22.9 Å². The zero-order valence-corrected chi connectivity index (χ0v) is 11.8. The molecule has 0 spiro atoms. The Morgan fingerprint density at radius 3 is 2.72 bits per heavy atom. The third-order valence-corrected chi connectivity index (χ3v) is 3.13. The molecule has 0 radical (unpaired) electrons. The van der Waals surface area contributed by atoms with Gasteiger partial charge < -0.3 is 14.8 Å². The van der Waals surface area contributed by atoms with Crippen molar-refractivity contribution in [2.45, 2.75) is 39.6 Å². The highest BCUT2D eigenvalue weighted by Crippen LogP contribution is 2.24. The van der Waals surface area contributed by atoms with Crippen LogP contribution >= 0.6 is 11.6 Å². The molecule has 1 atom stereocenters. The lowest BCUT2D eigenvalue weighted by molar-refractivity contribution is -0.136. The maximum atomic E-state index is 6.01.